The Labute approximate surface area is 116 Å². The van der Waals surface area contributed by atoms with Gasteiger partial charge in [-0.2, -0.15) is 0 Å². The van der Waals surface area contributed by atoms with Gasteiger partial charge in [0, 0.05) is 0 Å². The fourth-order valence-corrected chi connectivity index (χ4v) is 2.01. The third kappa shape index (κ3) is 2.48. The number of halogens is 1. The molecule has 8 heteroatoms. The van der Waals surface area contributed by atoms with Crippen molar-refractivity contribution >= 4 is 27.5 Å². The van der Waals surface area contributed by atoms with Crippen molar-refractivity contribution in [3.8, 4) is 5.88 Å². The van der Waals surface area contributed by atoms with Crippen LogP contribution in [0.15, 0.2) is 15.5 Å². The zero-order chi connectivity index (χ0) is 14.0. The molecule has 0 atom stereocenters. The zero-order valence-corrected chi connectivity index (χ0v) is 12.0. The first-order chi connectivity index (χ1) is 9.08. The van der Waals surface area contributed by atoms with E-state index in [2.05, 4.69) is 26.0 Å². The van der Waals surface area contributed by atoms with Crippen molar-refractivity contribution in [3.05, 3.63) is 26.6 Å². The third-order valence-corrected chi connectivity index (χ3v) is 3.04. The molecule has 0 aliphatic heterocycles. The molecule has 0 bridgehead atoms. The van der Waals surface area contributed by atoms with E-state index in [0.717, 1.165) is 0 Å². The van der Waals surface area contributed by atoms with Gasteiger partial charge >= 0.3 is 5.97 Å². The average molecular weight is 330 g/mol. The van der Waals surface area contributed by atoms with Crippen LogP contribution in [0.5, 0.6) is 5.88 Å². The number of esters is 1. The molecule has 0 fully saturated rings. The van der Waals surface area contributed by atoms with Crippen molar-refractivity contribution in [2.45, 2.75) is 13.8 Å². The quantitative estimate of drug-likeness (QED) is 0.856. The minimum absolute atomic E-state index is 0.104. The predicted molar refractivity (Wildman–Crippen MR) is 70.6 cm³/mol. The SMILES string of the molecule is CCOC(=O)c1cn2nc(OCC)c(Br)c2[nH]c1=O. The van der Waals surface area contributed by atoms with Crippen LogP contribution in [0, 0.1) is 0 Å². The average Bonchev–Trinajstić information content (AvgIpc) is 2.66. The van der Waals surface area contributed by atoms with Crippen LogP contribution in [0.4, 0.5) is 0 Å². The van der Waals surface area contributed by atoms with E-state index < -0.39 is 11.5 Å². The summed E-state index contributed by atoms with van der Waals surface area (Å²) in [6.45, 7) is 4.13. The Kier molecular flexibility index (Phi) is 3.89. The summed E-state index contributed by atoms with van der Waals surface area (Å²) in [6, 6.07) is 0. The Balaban J connectivity index is 2.56. The highest BCUT2D eigenvalue weighted by atomic mass is 79.9. The van der Waals surface area contributed by atoms with E-state index in [1.807, 2.05) is 6.92 Å². The number of fused-ring (bicyclic) bond motifs is 1. The molecule has 2 aromatic rings. The topological polar surface area (TPSA) is 85.7 Å². The van der Waals surface area contributed by atoms with Gasteiger partial charge in [-0.1, -0.05) is 0 Å². The Morgan fingerprint density at radius 2 is 2.21 bits per heavy atom. The largest absolute Gasteiger partial charge is 0.476 e. The molecule has 0 aliphatic rings. The molecular formula is C11H12BrN3O4. The summed E-state index contributed by atoms with van der Waals surface area (Å²) in [6.07, 6.45) is 1.32. The van der Waals surface area contributed by atoms with Crippen molar-refractivity contribution < 1.29 is 14.3 Å². The van der Waals surface area contributed by atoms with Crippen molar-refractivity contribution in [2.75, 3.05) is 13.2 Å². The van der Waals surface area contributed by atoms with E-state index in [9.17, 15) is 9.59 Å². The number of aromatic nitrogens is 3. The second-order valence-electron chi connectivity index (χ2n) is 3.56. The molecule has 0 radical (unpaired) electrons. The maximum atomic E-state index is 11.8. The van der Waals surface area contributed by atoms with E-state index in [4.69, 9.17) is 9.47 Å². The molecule has 1 N–H and O–H groups in total. The van der Waals surface area contributed by atoms with Gasteiger partial charge in [0.15, 0.2) is 5.65 Å². The molecule has 0 spiro atoms. The molecule has 0 saturated carbocycles. The number of nitrogens with one attached hydrogen (secondary N) is 1. The summed E-state index contributed by atoms with van der Waals surface area (Å²) < 4.78 is 12.0. The molecule has 2 aromatic heterocycles. The summed E-state index contributed by atoms with van der Waals surface area (Å²) in [7, 11) is 0. The van der Waals surface area contributed by atoms with E-state index in [-0.39, 0.29) is 12.2 Å². The van der Waals surface area contributed by atoms with Crippen LogP contribution in [-0.4, -0.2) is 33.8 Å². The minimum Gasteiger partial charge on any atom is -0.476 e. The first-order valence-electron chi connectivity index (χ1n) is 5.69. The number of rotatable bonds is 4. The molecule has 0 amide bonds. The normalized spacial score (nSPS) is 10.7. The van der Waals surface area contributed by atoms with E-state index in [1.165, 1.54) is 10.7 Å². The van der Waals surface area contributed by atoms with Crippen molar-refractivity contribution in [1.82, 2.24) is 14.6 Å². The standard InChI is InChI=1S/C11H12BrN3O4/c1-3-18-10-7(12)8-13-9(16)6(5-15(8)14-10)11(17)19-4-2/h5H,3-4H2,1-2H3,(H,13,16). The number of hydrogen-bond donors (Lipinski definition) is 1. The highest BCUT2D eigenvalue weighted by Gasteiger charge is 2.17. The lowest BCUT2D eigenvalue weighted by Gasteiger charge is -2.01. The second-order valence-corrected chi connectivity index (χ2v) is 4.36. The Morgan fingerprint density at radius 1 is 1.47 bits per heavy atom. The fourth-order valence-electron chi connectivity index (χ4n) is 1.54. The van der Waals surface area contributed by atoms with Gasteiger partial charge in [0.25, 0.3) is 5.56 Å². The van der Waals surface area contributed by atoms with Crippen LogP contribution < -0.4 is 10.3 Å². The van der Waals surface area contributed by atoms with Gasteiger partial charge in [0.05, 0.1) is 19.4 Å². The fraction of sp³-hybridized carbons (Fsp3) is 0.364. The summed E-state index contributed by atoms with van der Waals surface area (Å²) in [5.74, 6) is -0.339. The van der Waals surface area contributed by atoms with Crippen LogP contribution >= 0.6 is 15.9 Å². The molecule has 0 aliphatic carbocycles. The van der Waals surface area contributed by atoms with Gasteiger partial charge in [-0.25, -0.2) is 9.31 Å². The lowest BCUT2D eigenvalue weighted by atomic mass is 10.3. The number of carbonyl (C=O) groups excluding carboxylic acids is 1. The number of H-pyrrole nitrogens is 1. The van der Waals surface area contributed by atoms with Gasteiger partial charge in [0.2, 0.25) is 5.88 Å². The lowest BCUT2D eigenvalue weighted by molar-refractivity contribution is 0.0523. The van der Waals surface area contributed by atoms with Gasteiger partial charge in [-0.15, -0.1) is 5.10 Å². The zero-order valence-electron chi connectivity index (χ0n) is 10.4. The van der Waals surface area contributed by atoms with Gasteiger partial charge in [-0.3, -0.25) is 4.79 Å². The van der Waals surface area contributed by atoms with Crippen molar-refractivity contribution in [1.29, 1.82) is 0 Å². The van der Waals surface area contributed by atoms with E-state index in [0.29, 0.717) is 22.6 Å². The summed E-state index contributed by atoms with van der Waals surface area (Å²) in [5, 5.41) is 4.12. The maximum Gasteiger partial charge on any atom is 0.345 e. The number of carbonyl (C=O) groups is 1. The molecule has 2 heterocycles. The first kappa shape index (κ1) is 13.6. The predicted octanol–water partition coefficient (Wildman–Crippen LogP) is 1.36. The Morgan fingerprint density at radius 3 is 2.84 bits per heavy atom. The Bertz CT molecular complexity index is 676. The molecule has 0 saturated heterocycles. The molecule has 19 heavy (non-hydrogen) atoms. The van der Waals surface area contributed by atoms with Crippen LogP contribution in [-0.2, 0) is 4.74 Å². The van der Waals surface area contributed by atoms with Gasteiger partial charge in [-0.05, 0) is 29.8 Å². The van der Waals surface area contributed by atoms with E-state index in [1.54, 1.807) is 6.92 Å². The first-order valence-corrected chi connectivity index (χ1v) is 6.48. The van der Waals surface area contributed by atoms with Crippen molar-refractivity contribution in [2.24, 2.45) is 0 Å². The van der Waals surface area contributed by atoms with Crippen molar-refractivity contribution in [3.63, 3.8) is 0 Å². The van der Waals surface area contributed by atoms with Gasteiger partial charge in [0.1, 0.15) is 10.0 Å². The van der Waals surface area contributed by atoms with Crippen LogP contribution in [0.3, 0.4) is 0 Å². The highest BCUT2D eigenvalue weighted by Crippen LogP contribution is 2.26. The van der Waals surface area contributed by atoms with Crippen LogP contribution in [0.2, 0.25) is 0 Å². The summed E-state index contributed by atoms with van der Waals surface area (Å²) >= 11 is 3.28. The monoisotopic (exact) mass is 329 g/mol. The molecule has 0 unspecified atom stereocenters. The smallest absolute Gasteiger partial charge is 0.345 e. The minimum atomic E-state index is -0.685. The van der Waals surface area contributed by atoms with Crippen LogP contribution in [0.1, 0.15) is 24.2 Å². The third-order valence-electron chi connectivity index (χ3n) is 2.33. The maximum absolute atomic E-state index is 11.8. The highest BCUT2D eigenvalue weighted by molar-refractivity contribution is 9.10. The number of ether oxygens (including phenoxy) is 2. The number of aromatic amines is 1. The molecule has 2 rings (SSSR count). The second kappa shape index (κ2) is 5.43. The lowest BCUT2D eigenvalue weighted by Crippen LogP contribution is -2.21. The number of hydrogen-bond acceptors (Lipinski definition) is 5. The summed E-state index contributed by atoms with van der Waals surface area (Å²) in [4.78, 5) is 26.0. The molecule has 102 valence electrons. The van der Waals surface area contributed by atoms with Gasteiger partial charge < -0.3 is 14.5 Å². The number of nitrogens with zero attached hydrogens (tertiary/aromatic N) is 2. The van der Waals surface area contributed by atoms with E-state index >= 15 is 0 Å². The summed E-state index contributed by atoms with van der Waals surface area (Å²) in [5.41, 5.74) is -0.219. The molecule has 7 nitrogen and oxygen atoms in total. The molecule has 0 aromatic carbocycles. The molecular weight excluding hydrogens is 318 g/mol. The van der Waals surface area contributed by atoms with Crippen LogP contribution in [0.25, 0.3) is 5.65 Å². The Hall–Kier alpha value is -1.83.